The SMILES string of the molecule is COc1cc(C)nc(N2C3CCC2CC(Br)C3)n1. The van der Waals surface area contributed by atoms with Crippen molar-refractivity contribution < 1.29 is 4.74 Å². The molecule has 0 saturated carbocycles. The average Bonchev–Trinajstić information content (AvgIpc) is 2.61. The molecule has 0 radical (unpaired) electrons. The Hall–Kier alpha value is -0.840. The van der Waals surface area contributed by atoms with Gasteiger partial charge in [-0.15, -0.1) is 0 Å². The van der Waals surface area contributed by atoms with Crippen LogP contribution in [0.4, 0.5) is 5.95 Å². The van der Waals surface area contributed by atoms with Crippen LogP contribution in [0.5, 0.6) is 5.88 Å². The van der Waals surface area contributed by atoms with E-state index in [0.717, 1.165) is 11.6 Å². The zero-order valence-electron chi connectivity index (χ0n) is 10.8. The second-order valence-corrected chi connectivity index (χ2v) is 6.51. The molecule has 0 aromatic carbocycles. The molecule has 0 aliphatic carbocycles. The number of halogens is 1. The van der Waals surface area contributed by atoms with Crippen molar-refractivity contribution in [2.75, 3.05) is 12.0 Å². The molecule has 1 aromatic heterocycles. The molecule has 5 heteroatoms. The van der Waals surface area contributed by atoms with Crippen LogP contribution in [-0.2, 0) is 0 Å². The molecular weight excluding hydrogens is 294 g/mol. The van der Waals surface area contributed by atoms with E-state index >= 15 is 0 Å². The van der Waals surface area contributed by atoms with E-state index in [9.17, 15) is 0 Å². The third-order valence-electron chi connectivity index (χ3n) is 3.93. The van der Waals surface area contributed by atoms with Crippen molar-refractivity contribution >= 4 is 21.9 Å². The van der Waals surface area contributed by atoms with Gasteiger partial charge in [0.15, 0.2) is 0 Å². The molecule has 2 bridgehead atoms. The van der Waals surface area contributed by atoms with E-state index in [0.29, 0.717) is 22.8 Å². The van der Waals surface area contributed by atoms with Gasteiger partial charge in [-0.1, -0.05) is 15.9 Å². The van der Waals surface area contributed by atoms with Crippen LogP contribution in [0.2, 0.25) is 0 Å². The van der Waals surface area contributed by atoms with Gasteiger partial charge in [-0.2, -0.15) is 4.98 Å². The summed E-state index contributed by atoms with van der Waals surface area (Å²) in [5.74, 6) is 1.51. The highest BCUT2D eigenvalue weighted by molar-refractivity contribution is 9.09. The maximum Gasteiger partial charge on any atom is 0.229 e. The summed E-state index contributed by atoms with van der Waals surface area (Å²) in [6.07, 6.45) is 4.89. The number of hydrogen-bond donors (Lipinski definition) is 0. The molecule has 4 nitrogen and oxygen atoms in total. The summed E-state index contributed by atoms with van der Waals surface area (Å²) in [5.41, 5.74) is 0.970. The molecule has 3 heterocycles. The molecule has 2 saturated heterocycles. The summed E-state index contributed by atoms with van der Waals surface area (Å²) < 4.78 is 5.25. The first-order valence-corrected chi connectivity index (χ1v) is 7.41. The highest BCUT2D eigenvalue weighted by Crippen LogP contribution is 2.40. The number of anilines is 1. The molecule has 2 unspecified atom stereocenters. The Morgan fingerprint density at radius 3 is 2.56 bits per heavy atom. The summed E-state index contributed by atoms with van der Waals surface area (Å²) in [4.78, 5) is 12.2. The highest BCUT2D eigenvalue weighted by Gasteiger charge is 2.41. The van der Waals surface area contributed by atoms with Gasteiger partial charge in [-0.3, -0.25) is 0 Å². The Kier molecular flexibility index (Phi) is 3.18. The quantitative estimate of drug-likeness (QED) is 0.787. The highest BCUT2D eigenvalue weighted by atomic mass is 79.9. The Labute approximate surface area is 116 Å². The molecular formula is C13H18BrN3O. The second kappa shape index (κ2) is 4.68. The summed E-state index contributed by atoms with van der Waals surface area (Å²) >= 11 is 3.76. The predicted octanol–water partition coefficient (Wildman–Crippen LogP) is 2.69. The standard InChI is InChI=1S/C13H18BrN3O/c1-8-5-12(18-2)16-13(15-8)17-10-3-4-11(17)7-9(14)6-10/h5,9-11H,3-4,6-7H2,1-2H3. The maximum atomic E-state index is 5.25. The second-order valence-electron chi connectivity index (χ2n) is 5.21. The van der Waals surface area contributed by atoms with Crippen LogP contribution in [-0.4, -0.2) is 34.0 Å². The van der Waals surface area contributed by atoms with Crippen molar-refractivity contribution in [3.8, 4) is 5.88 Å². The lowest BCUT2D eigenvalue weighted by molar-refractivity contribution is 0.393. The van der Waals surface area contributed by atoms with Crippen molar-refractivity contribution in [1.29, 1.82) is 0 Å². The average molecular weight is 312 g/mol. The Bertz CT molecular complexity index is 440. The molecule has 2 fully saturated rings. The largest absolute Gasteiger partial charge is 0.481 e. The monoisotopic (exact) mass is 311 g/mol. The number of fused-ring (bicyclic) bond motifs is 2. The van der Waals surface area contributed by atoms with Crippen LogP contribution >= 0.6 is 15.9 Å². The van der Waals surface area contributed by atoms with Crippen LogP contribution in [0.25, 0.3) is 0 Å². The number of aromatic nitrogens is 2. The van der Waals surface area contributed by atoms with E-state index in [2.05, 4.69) is 30.8 Å². The van der Waals surface area contributed by atoms with Crippen molar-refractivity contribution in [2.45, 2.75) is 49.5 Å². The van der Waals surface area contributed by atoms with Gasteiger partial charge >= 0.3 is 0 Å². The van der Waals surface area contributed by atoms with Gasteiger partial charge < -0.3 is 9.64 Å². The molecule has 98 valence electrons. The van der Waals surface area contributed by atoms with Gasteiger partial charge in [0.2, 0.25) is 11.8 Å². The Morgan fingerprint density at radius 1 is 1.28 bits per heavy atom. The Balaban J connectivity index is 1.93. The number of methoxy groups -OCH3 is 1. The maximum absolute atomic E-state index is 5.25. The van der Waals surface area contributed by atoms with E-state index in [1.165, 1.54) is 25.7 Å². The minimum atomic E-state index is 0.583. The molecule has 3 rings (SSSR count). The molecule has 1 aromatic rings. The Morgan fingerprint density at radius 2 is 1.94 bits per heavy atom. The van der Waals surface area contributed by atoms with E-state index in [-0.39, 0.29) is 0 Å². The topological polar surface area (TPSA) is 38.2 Å². The molecule has 2 aliphatic heterocycles. The molecule has 2 aliphatic rings. The number of alkyl halides is 1. The molecule has 18 heavy (non-hydrogen) atoms. The number of aryl methyl sites for hydroxylation is 1. The van der Waals surface area contributed by atoms with Crippen LogP contribution in [0, 0.1) is 6.92 Å². The van der Waals surface area contributed by atoms with Gasteiger partial charge in [0.1, 0.15) is 0 Å². The fourth-order valence-corrected chi connectivity index (χ4v) is 4.04. The summed E-state index contributed by atoms with van der Waals surface area (Å²) in [6.45, 7) is 1.99. The number of hydrogen-bond acceptors (Lipinski definition) is 4. The van der Waals surface area contributed by atoms with E-state index < -0.39 is 0 Å². The van der Waals surface area contributed by atoms with Crippen LogP contribution in [0.1, 0.15) is 31.4 Å². The summed E-state index contributed by atoms with van der Waals surface area (Å²) in [5, 5.41) is 0. The third kappa shape index (κ3) is 2.09. The fourth-order valence-electron chi connectivity index (χ4n) is 3.18. The van der Waals surface area contributed by atoms with Gasteiger partial charge in [-0.25, -0.2) is 4.98 Å². The smallest absolute Gasteiger partial charge is 0.229 e. The fraction of sp³-hybridized carbons (Fsp3) is 0.692. The molecule has 0 spiro atoms. The zero-order chi connectivity index (χ0) is 12.7. The number of nitrogens with zero attached hydrogens (tertiary/aromatic N) is 3. The predicted molar refractivity (Wildman–Crippen MR) is 74.6 cm³/mol. The molecule has 2 atom stereocenters. The van der Waals surface area contributed by atoms with Crippen molar-refractivity contribution in [2.24, 2.45) is 0 Å². The minimum Gasteiger partial charge on any atom is -0.481 e. The van der Waals surface area contributed by atoms with Crippen molar-refractivity contribution in [1.82, 2.24) is 9.97 Å². The first-order valence-electron chi connectivity index (χ1n) is 6.49. The summed E-state index contributed by atoms with van der Waals surface area (Å²) in [7, 11) is 1.66. The normalized spacial score (nSPS) is 30.6. The van der Waals surface area contributed by atoms with Crippen LogP contribution in [0.3, 0.4) is 0 Å². The van der Waals surface area contributed by atoms with Gasteiger partial charge in [0.25, 0.3) is 0 Å². The lowest BCUT2D eigenvalue weighted by Crippen LogP contribution is -2.44. The summed E-state index contributed by atoms with van der Waals surface area (Å²) in [6, 6.07) is 3.04. The molecule has 0 amide bonds. The first kappa shape index (κ1) is 12.2. The lowest BCUT2D eigenvalue weighted by Gasteiger charge is -2.37. The molecule has 0 N–H and O–H groups in total. The first-order chi connectivity index (χ1) is 8.67. The lowest BCUT2D eigenvalue weighted by atomic mass is 10.0. The zero-order valence-corrected chi connectivity index (χ0v) is 12.4. The van der Waals surface area contributed by atoms with E-state index in [4.69, 9.17) is 4.74 Å². The van der Waals surface area contributed by atoms with Gasteiger partial charge in [0, 0.05) is 28.7 Å². The number of rotatable bonds is 2. The van der Waals surface area contributed by atoms with Crippen molar-refractivity contribution in [3.05, 3.63) is 11.8 Å². The van der Waals surface area contributed by atoms with Crippen molar-refractivity contribution in [3.63, 3.8) is 0 Å². The van der Waals surface area contributed by atoms with Crippen LogP contribution in [0.15, 0.2) is 6.07 Å². The van der Waals surface area contributed by atoms with E-state index in [1.54, 1.807) is 7.11 Å². The third-order valence-corrected chi connectivity index (χ3v) is 4.68. The minimum absolute atomic E-state index is 0.583. The van der Waals surface area contributed by atoms with Gasteiger partial charge in [-0.05, 0) is 32.6 Å². The number of piperidine rings is 1. The number of ether oxygens (including phenoxy) is 1. The van der Waals surface area contributed by atoms with Gasteiger partial charge in [0.05, 0.1) is 7.11 Å². The van der Waals surface area contributed by atoms with Crippen LogP contribution < -0.4 is 9.64 Å². The van der Waals surface area contributed by atoms with E-state index in [1.807, 2.05) is 13.0 Å².